The molecule has 0 unspecified atom stereocenters. The predicted octanol–water partition coefficient (Wildman–Crippen LogP) is 3.09. The molecule has 0 aliphatic heterocycles. The van der Waals surface area contributed by atoms with Crippen LogP contribution in [0.1, 0.15) is 25.0 Å². The second-order valence-corrected chi connectivity index (χ2v) is 5.81. The summed E-state index contributed by atoms with van der Waals surface area (Å²) in [6, 6.07) is 12.5. The molecule has 2 rings (SSSR count). The van der Waals surface area contributed by atoms with E-state index in [4.69, 9.17) is 0 Å². The molecule has 6 nitrogen and oxygen atoms in total. The molecule has 0 spiro atoms. The van der Waals surface area contributed by atoms with Gasteiger partial charge in [-0.15, -0.1) is 0 Å². The van der Waals surface area contributed by atoms with Crippen LogP contribution < -0.4 is 16.0 Å². The summed E-state index contributed by atoms with van der Waals surface area (Å²) in [6.45, 7) is 4.76. The number of amides is 3. The van der Waals surface area contributed by atoms with Gasteiger partial charge in [-0.25, -0.2) is 0 Å². The van der Waals surface area contributed by atoms with Crippen molar-refractivity contribution in [2.24, 2.45) is 0 Å². The lowest BCUT2D eigenvalue weighted by molar-refractivity contribution is -0.116. The second-order valence-electron chi connectivity index (χ2n) is 5.81. The Bertz CT molecular complexity index is 798. The van der Waals surface area contributed by atoms with Gasteiger partial charge in [-0.3, -0.25) is 14.4 Å². The first-order valence-corrected chi connectivity index (χ1v) is 7.88. The van der Waals surface area contributed by atoms with Gasteiger partial charge in [-0.1, -0.05) is 18.2 Å². The summed E-state index contributed by atoms with van der Waals surface area (Å²) in [6.07, 6.45) is 0.212. The summed E-state index contributed by atoms with van der Waals surface area (Å²) in [5, 5.41) is 8.23. The second kappa shape index (κ2) is 8.10. The summed E-state index contributed by atoms with van der Waals surface area (Å²) < 4.78 is 0. The van der Waals surface area contributed by atoms with Crippen LogP contribution in [0, 0.1) is 6.92 Å². The van der Waals surface area contributed by atoms with Gasteiger partial charge in [-0.2, -0.15) is 0 Å². The Kier molecular flexibility index (Phi) is 5.89. The van der Waals surface area contributed by atoms with Gasteiger partial charge >= 0.3 is 0 Å². The first kappa shape index (κ1) is 18.2. The molecule has 0 saturated heterocycles. The van der Waals surface area contributed by atoms with E-state index >= 15 is 0 Å². The smallest absolute Gasteiger partial charge is 0.228 e. The summed E-state index contributed by atoms with van der Waals surface area (Å²) in [7, 11) is 0. The highest BCUT2D eigenvalue weighted by Gasteiger charge is 2.08. The van der Waals surface area contributed by atoms with Crippen molar-refractivity contribution in [3.8, 4) is 0 Å². The molecule has 0 bridgehead atoms. The monoisotopic (exact) mass is 339 g/mol. The molecule has 0 saturated carbocycles. The Balaban J connectivity index is 2.02. The third-order valence-corrected chi connectivity index (χ3v) is 3.47. The normalized spacial score (nSPS) is 10.0. The molecule has 25 heavy (non-hydrogen) atoms. The third kappa shape index (κ3) is 5.76. The standard InChI is InChI=1S/C19H21N3O3/c1-12-4-7-17(21-14(3)24)11-18(12)22-19(25)10-15-5-8-16(9-6-15)20-13(2)23/h4-9,11H,10H2,1-3H3,(H,20,23)(H,21,24)(H,22,25). The Morgan fingerprint density at radius 3 is 1.96 bits per heavy atom. The zero-order chi connectivity index (χ0) is 18.4. The van der Waals surface area contributed by atoms with Gasteiger partial charge in [-0.05, 0) is 42.3 Å². The molecule has 130 valence electrons. The van der Waals surface area contributed by atoms with Crippen LogP contribution >= 0.6 is 0 Å². The fourth-order valence-electron chi connectivity index (χ4n) is 2.33. The fraction of sp³-hybridized carbons (Fsp3) is 0.211. The predicted molar refractivity (Wildman–Crippen MR) is 98.6 cm³/mol. The average molecular weight is 339 g/mol. The maximum absolute atomic E-state index is 12.3. The zero-order valence-electron chi connectivity index (χ0n) is 14.5. The van der Waals surface area contributed by atoms with Crippen molar-refractivity contribution in [1.82, 2.24) is 0 Å². The molecule has 2 aromatic rings. The Hall–Kier alpha value is -3.15. The molecule has 0 aliphatic rings. The maximum atomic E-state index is 12.3. The molecule has 0 radical (unpaired) electrons. The maximum Gasteiger partial charge on any atom is 0.228 e. The van der Waals surface area contributed by atoms with E-state index in [1.165, 1.54) is 13.8 Å². The van der Waals surface area contributed by atoms with E-state index in [1.807, 2.05) is 13.0 Å². The Labute approximate surface area is 146 Å². The van der Waals surface area contributed by atoms with E-state index < -0.39 is 0 Å². The molecule has 3 amide bonds. The Morgan fingerprint density at radius 2 is 1.36 bits per heavy atom. The van der Waals surface area contributed by atoms with Crippen molar-refractivity contribution in [3.63, 3.8) is 0 Å². The fourth-order valence-corrected chi connectivity index (χ4v) is 2.33. The van der Waals surface area contributed by atoms with Crippen LogP contribution in [0.4, 0.5) is 17.1 Å². The SMILES string of the molecule is CC(=O)Nc1ccc(CC(=O)Nc2cc(NC(C)=O)ccc2C)cc1. The van der Waals surface area contributed by atoms with Crippen molar-refractivity contribution in [1.29, 1.82) is 0 Å². The van der Waals surface area contributed by atoms with Gasteiger partial charge in [0.15, 0.2) is 0 Å². The van der Waals surface area contributed by atoms with Gasteiger partial charge in [0.05, 0.1) is 6.42 Å². The van der Waals surface area contributed by atoms with Gasteiger partial charge in [0, 0.05) is 30.9 Å². The molecule has 0 aromatic heterocycles. The van der Waals surface area contributed by atoms with E-state index in [-0.39, 0.29) is 24.1 Å². The van der Waals surface area contributed by atoms with Gasteiger partial charge < -0.3 is 16.0 Å². The number of hydrogen-bond acceptors (Lipinski definition) is 3. The van der Waals surface area contributed by atoms with Crippen LogP contribution in [0.25, 0.3) is 0 Å². The molecular weight excluding hydrogens is 318 g/mol. The number of carbonyl (C=O) groups is 3. The first-order valence-electron chi connectivity index (χ1n) is 7.88. The minimum Gasteiger partial charge on any atom is -0.326 e. The number of nitrogens with one attached hydrogen (secondary N) is 3. The van der Waals surface area contributed by atoms with Crippen LogP contribution in [-0.4, -0.2) is 17.7 Å². The first-order chi connectivity index (χ1) is 11.8. The highest BCUT2D eigenvalue weighted by molar-refractivity contribution is 5.95. The lowest BCUT2D eigenvalue weighted by Gasteiger charge is -2.11. The van der Waals surface area contributed by atoms with E-state index in [0.29, 0.717) is 17.1 Å². The number of benzene rings is 2. The van der Waals surface area contributed by atoms with E-state index in [2.05, 4.69) is 16.0 Å². The largest absolute Gasteiger partial charge is 0.326 e. The zero-order valence-corrected chi connectivity index (χ0v) is 14.5. The van der Waals surface area contributed by atoms with Gasteiger partial charge in [0.25, 0.3) is 0 Å². The summed E-state index contributed by atoms with van der Waals surface area (Å²) in [5.41, 5.74) is 3.72. The lowest BCUT2D eigenvalue weighted by Crippen LogP contribution is -2.16. The minimum absolute atomic E-state index is 0.139. The van der Waals surface area contributed by atoms with E-state index in [0.717, 1.165) is 11.1 Å². The van der Waals surface area contributed by atoms with Crippen molar-refractivity contribution >= 4 is 34.8 Å². The summed E-state index contributed by atoms with van der Waals surface area (Å²) in [5.74, 6) is -0.462. The molecule has 2 aromatic carbocycles. The van der Waals surface area contributed by atoms with Crippen molar-refractivity contribution in [2.75, 3.05) is 16.0 Å². The Morgan fingerprint density at radius 1 is 0.800 bits per heavy atom. The van der Waals surface area contributed by atoms with Crippen LogP contribution in [0.15, 0.2) is 42.5 Å². The number of rotatable bonds is 5. The highest BCUT2D eigenvalue weighted by Crippen LogP contribution is 2.21. The van der Waals surface area contributed by atoms with E-state index in [9.17, 15) is 14.4 Å². The average Bonchev–Trinajstić information content (AvgIpc) is 2.51. The third-order valence-electron chi connectivity index (χ3n) is 3.47. The molecular formula is C19H21N3O3. The van der Waals surface area contributed by atoms with E-state index in [1.54, 1.807) is 36.4 Å². The topological polar surface area (TPSA) is 87.3 Å². The summed E-state index contributed by atoms with van der Waals surface area (Å²) >= 11 is 0. The molecule has 0 atom stereocenters. The highest BCUT2D eigenvalue weighted by atomic mass is 16.2. The summed E-state index contributed by atoms with van der Waals surface area (Å²) in [4.78, 5) is 34.4. The van der Waals surface area contributed by atoms with Crippen LogP contribution in [0.3, 0.4) is 0 Å². The van der Waals surface area contributed by atoms with Crippen molar-refractivity contribution in [3.05, 3.63) is 53.6 Å². The lowest BCUT2D eigenvalue weighted by atomic mass is 10.1. The van der Waals surface area contributed by atoms with Crippen LogP contribution in [0.2, 0.25) is 0 Å². The van der Waals surface area contributed by atoms with Crippen molar-refractivity contribution < 1.29 is 14.4 Å². The number of hydrogen-bond donors (Lipinski definition) is 3. The minimum atomic E-state index is -0.166. The number of aryl methyl sites for hydroxylation is 1. The molecule has 6 heteroatoms. The molecule has 0 fully saturated rings. The molecule has 0 aliphatic carbocycles. The molecule has 0 heterocycles. The number of anilines is 3. The quantitative estimate of drug-likeness (QED) is 0.782. The number of carbonyl (C=O) groups excluding carboxylic acids is 3. The van der Waals surface area contributed by atoms with Gasteiger partial charge in [0.2, 0.25) is 17.7 Å². The van der Waals surface area contributed by atoms with Gasteiger partial charge in [0.1, 0.15) is 0 Å². The van der Waals surface area contributed by atoms with Crippen LogP contribution in [0.5, 0.6) is 0 Å². The molecule has 3 N–H and O–H groups in total. The van der Waals surface area contributed by atoms with Crippen LogP contribution in [-0.2, 0) is 20.8 Å². The van der Waals surface area contributed by atoms with Crippen molar-refractivity contribution in [2.45, 2.75) is 27.2 Å².